The molecule has 1 aromatic rings. The maximum absolute atomic E-state index is 11.9. The Labute approximate surface area is 142 Å². The second kappa shape index (κ2) is 9.77. The van der Waals surface area contributed by atoms with Gasteiger partial charge in [0.1, 0.15) is 6.10 Å². The zero-order valence-electron chi connectivity index (χ0n) is 13.9. The van der Waals surface area contributed by atoms with E-state index in [0.717, 1.165) is 19.3 Å². The maximum atomic E-state index is 11.9. The van der Waals surface area contributed by atoms with E-state index in [2.05, 4.69) is 16.0 Å². The van der Waals surface area contributed by atoms with Crippen molar-refractivity contribution in [3.8, 4) is 0 Å². The van der Waals surface area contributed by atoms with Crippen LogP contribution in [0.1, 0.15) is 25.7 Å². The van der Waals surface area contributed by atoms with Gasteiger partial charge in [-0.2, -0.15) is 0 Å². The number of urea groups is 1. The molecule has 1 saturated carbocycles. The van der Waals surface area contributed by atoms with Gasteiger partial charge in [-0.1, -0.05) is 18.2 Å². The minimum absolute atomic E-state index is 0.0100. The topological polar surface area (TPSA) is 88.7 Å². The third kappa shape index (κ3) is 6.45. The van der Waals surface area contributed by atoms with Gasteiger partial charge in [0.25, 0.3) is 0 Å². The van der Waals surface area contributed by atoms with Crippen molar-refractivity contribution in [1.82, 2.24) is 10.6 Å². The molecule has 0 heterocycles. The van der Waals surface area contributed by atoms with E-state index in [1.807, 2.05) is 18.2 Å². The summed E-state index contributed by atoms with van der Waals surface area (Å²) in [5.41, 5.74) is 0.700. The molecule has 1 fully saturated rings. The highest BCUT2D eigenvalue weighted by Gasteiger charge is 2.26. The molecule has 0 spiro atoms. The highest BCUT2D eigenvalue weighted by molar-refractivity contribution is 5.84. The summed E-state index contributed by atoms with van der Waals surface area (Å²) in [5.74, 6) is 0. The van der Waals surface area contributed by atoms with Crippen molar-refractivity contribution in [2.75, 3.05) is 25.6 Å². The van der Waals surface area contributed by atoms with Gasteiger partial charge in [-0.3, -0.25) is 5.32 Å². The predicted molar refractivity (Wildman–Crippen MR) is 91.0 cm³/mol. The summed E-state index contributed by atoms with van der Waals surface area (Å²) >= 11 is 0. The number of ether oxygens (including phenoxy) is 2. The molecule has 0 saturated heterocycles. The summed E-state index contributed by atoms with van der Waals surface area (Å²) in [7, 11) is 1.59. The number of para-hydroxylation sites is 1. The van der Waals surface area contributed by atoms with Crippen molar-refractivity contribution in [3.05, 3.63) is 30.3 Å². The molecule has 7 heteroatoms. The summed E-state index contributed by atoms with van der Waals surface area (Å²) in [6.07, 6.45) is 2.58. The summed E-state index contributed by atoms with van der Waals surface area (Å²) in [4.78, 5) is 23.7. The Morgan fingerprint density at radius 2 is 2.00 bits per heavy atom. The molecule has 7 nitrogen and oxygen atoms in total. The summed E-state index contributed by atoms with van der Waals surface area (Å²) in [5, 5.41) is 8.34. The fourth-order valence-corrected chi connectivity index (χ4v) is 2.71. The summed E-state index contributed by atoms with van der Waals surface area (Å²) in [6, 6.07) is 8.97. The number of carbonyl (C=O) groups excluding carboxylic acids is 2. The molecule has 0 radical (unpaired) electrons. The van der Waals surface area contributed by atoms with Gasteiger partial charge in [-0.15, -0.1) is 0 Å². The van der Waals surface area contributed by atoms with Crippen molar-refractivity contribution in [1.29, 1.82) is 0 Å². The lowest BCUT2D eigenvalue weighted by atomic mass is 9.93. The smallest absolute Gasteiger partial charge is 0.411 e. The van der Waals surface area contributed by atoms with E-state index < -0.39 is 6.09 Å². The SMILES string of the molecule is COCCNC(=O)N[C@H]1CCC[C@H](OC(=O)Nc2ccccc2)C1. The minimum Gasteiger partial charge on any atom is -0.446 e. The van der Waals surface area contributed by atoms with Crippen LogP contribution in [0.25, 0.3) is 0 Å². The van der Waals surface area contributed by atoms with Crippen molar-refractivity contribution < 1.29 is 19.1 Å². The van der Waals surface area contributed by atoms with Gasteiger partial charge >= 0.3 is 12.1 Å². The Kier molecular flexibility index (Phi) is 7.35. The zero-order chi connectivity index (χ0) is 17.2. The lowest BCUT2D eigenvalue weighted by molar-refractivity contribution is 0.0775. The molecule has 0 aliphatic heterocycles. The van der Waals surface area contributed by atoms with Crippen LogP contribution in [0.15, 0.2) is 30.3 Å². The van der Waals surface area contributed by atoms with Gasteiger partial charge < -0.3 is 20.1 Å². The Hall–Kier alpha value is -2.28. The van der Waals surface area contributed by atoms with E-state index in [0.29, 0.717) is 25.3 Å². The average molecular weight is 335 g/mol. The maximum Gasteiger partial charge on any atom is 0.411 e. The van der Waals surface area contributed by atoms with Crippen LogP contribution in [-0.2, 0) is 9.47 Å². The van der Waals surface area contributed by atoms with Gasteiger partial charge in [0.2, 0.25) is 0 Å². The van der Waals surface area contributed by atoms with Gasteiger partial charge in [-0.05, 0) is 31.4 Å². The van der Waals surface area contributed by atoms with Gasteiger partial charge in [0.15, 0.2) is 0 Å². The molecule has 132 valence electrons. The van der Waals surface area contributed by atoms with Gasteiger partial charge in [0.05, 0.1) is 6.61 Å². The normalized spacial score (nSPS) is 20.0. The number of hydrogen-bond donors (Lipinski definition) is 3. The number of benzene rings is 1. The average Bonchev–Trinajstić information content (AvgIpc) is 2.56. The van der Waals surface area contributed by atoms with E-state index in [-0.39, 0.29) is 18.2 Å². The summed E-state index contributed by atoms with van der Waals surface area (Å²) < 4.78 is 10.3. The van der Waals surface area contributed by atoms with Crippen LogP contribution >= 0.6 is 0 Å². The standard InChI is InChI=1S/C17H25N3O4/c1-23-11-10-18-16(21)19-14-8-5-9-15(12-14)24-17(22)20-13-6-3-2-4-7-13/h2-4,6-7,14-15H,5,8-12H2,1H3,(H,20,22)(H2,18,19,21)/t14-,15-/m0/s1. The molecule has 2 rings (SSSR count). The van der Waals surface area contributed by atoms with E-state index in [9.17, 15) is 9.59 Å². The number of amides is 3. The number of carbonyl (C=O) groups is 2. The lowest BCUT2D eigenvalue weighted by Crippen LogP contribution is -2.46. The first-order valence-corrected chi connectivity index (χ1v) is 8.23. The molecule has 24 heavy (non-hydrogen) atoms. The summed E-state index contributed by atoms with van der Waals surface area (Å²) in [6.45, 7) is 0.942. The number of methoxy groups -OCH3 is 1. The van der Waals surface area contributed by atoms with Crippen LogP contribution in [-0.4, -0.2) is 44.5 Å². The number of rotatable bonds is 6. The molecule has 1 aliphatic carbocycles. The number of anilines is 1. The second-order valence-electron chi connectivity index (χ2n) is 5.77. The van der Waals surface area contributed by atoms with Crippen LogP contribution in [0.4, 0.5) is 15.3 Å². The largest absolute Gasteiger partial charge is 0.446 e. The van der Waals surface area contributed by atoms with E-state index >= 15 is 0 Å². The molecular weight excluding hydrogens is 310 g/mol. The first-order chi connectivity index (χ1) is 11.7. The molecule has 2 atom stereocenters. The van der Waals surface area contributed by atoms with Crippen molar-refractivity contribution in [2.24, 2.45) is 0 Å². The van der Waals surface area contributed by atoms with Crippen LogP contribution in [0.2, 0.25) is 0 Å². The minimum atomic E-state index is -0.462. The Bertz CT molecular complexity index is 524. The monoisotopic (exact) mass is 335 g/mol. The first-order valence-electron chi connectivity index (χ1n) is 8.23. The van der Waals surface area contributed by atoms with Crippen LogP contribution in [0.3, 0.4) is 0 Å². The molecule has 0 bridgehead atoms. The highest BCUT2D eigenvalue weighted by atomic mass is 16.6. The van der Waals surface area contributed by atoms with Gasteiger partial charge in [-0.25, -0.2) is 9.59 Å². The number of hydrogen-bond acceptors (Lipinski definition) is 4. The Morgan fingerprint density at radius 3 is 2.75 bits per heavy atom. The first kappa shape index (κ1) is 18.1. The highest BCUT2D eigenvalue weighted by Crippen LogP contribution is 2.21. The molecule has 0 aromatic heterocycles. The van der Waals surface area contributed by atoms with E-state index in [4.69, 9.17) is 9.47 Å². The Balaban J connectivity index is 1.72. The van der Waals surface area contributed by atoms with Crippen molar-refractivity contribution >= 4 is 17.8 Å². The molecule has 0 unspecified atom stereocenters. The van der Waals surface area contributed by atoms with Crippen LogP contribution < -0.4 is 16.0 Å². The van der Waals surface area contributed by atoms with E-state index in [1.54, 1.807) is 19.2 Å². The van der Waals surface area contributed by atoms with Crippen LogP contribution in [0, 0.1) is 0 Å². The lowest BCUT2D eigenvalue weighted by Gasteiger charge is -2.29. The third-order valence-corrected chi connectivity index (χ3v) is 3.85. The third-order valence-electron chi connectivity index (χ3n) is 3.85. The molecular formula is C17H25N3O4. The predicted octanol–water partition coefficient (Wildman–Crippen LogP) is 2.49. The van der Waals surface area contributed by atoms with E-state index in [1.165, 1.54) is 0 Å². The number of nitrogens with one attached hydrogen (secondary N) is 3. The molecule has 3 N–H and O–H groups in total. The Morgan fingerprint density at radius 1 is 1.21 bits per heavy atom. The van der Waals surface area contributed by atoms with Crippen molar-refractivity contribution in [3.63, 3.8) is 0 Å². The fraction of sp³-hybridized carbons (Fsp3) is 0.529. The zero-order valence-corrected chi connectivity index (χ0v) is 13.9. The van der Waals surface area contributed by atoms with Crippen molar-refractivity contribution in [2.45, 2.75) is 37.8 Å². The fourth-order valence-electron chi connectivity index (χ4n) is 2.71. The second-order valence-corrected chi connectivity index (χ2v) is 5.77. The van der Waals surface area contributed by atoms with Crippen LogP contribution in [0.5, 0.6) is 0 Å². The molecule has 1 aliphatic rings. The molecule has 3 amide bonds. The van der Waals surface area contributed by atoms with Gasteiger partial charge in [0, 0.05) is 31.8 Å². The quantitative estimate of drug-likeness (QED) is 0.697. The molecule has 1 aromatic carbocycles.